The van der Waals surface area contributed by atoms with Crippen LogP contribution in [-0.4, -0.2) is 53.7 Å². The van der Waals surface area contributed by atoms with Gasteiger partial charge in [0.15, 0.2) is 0 Å². The highest BCUT2D eigenvalue weighted by Gasteiger charge is 2.33. The number of benzene rings is 2. The molecule has 2 N–H and O–H groups in total. The average molecular weight is 463 g/mol. The highest BCUT2D eigenvalue weighted by molar-refractivity contribution is 5.82. The van der Waals surface area contributed by atoms with Crippen LogP contribution >= 0.6 is 0 Å². The van der Waals surface area contributed by atoms with E-state index in [1.54, 1.807) is 0 Å². The number of carboxylic acids is 1. The van der Waals surface area contributed by atoms with E-state index in [0.29, 0.717) is 0 Å². The van der Waals surface area contributed by atoms with Gasteiger partial charge < -0.3 is 20.1 Å². The van der Waals surface area contributed by atoms with E-state index in [4.69, 9.17) is 9.84 Å². The molecule has 7 heteroatoms. The lowest BCUT2D eigenvalue weighted by atomic mass is 9.78. The number of ether oxygens (including phenoxy) is 1. The predicted octanol–water partition coefficient (Wildman–Crippen LogP) is 4.18. The van der Waals surface area contributed by atoms with E-state index < -0.39 is 24.6 Å². The Labute approximate surface area is 199 Å². The predicted molar refractivity (Wildman–Crippen MR) is 128 cm³/mol. The number of nitrogens with zero attached hydrogens (tertiary/aromatic N) is 1. The molecule has 1 unspecified atom stereocenters. The molecule has 34 heavy (non-hydrogen) atoms. The van der Waals surface area contributed by atoms with Gasteiger partial charge in [0.1, 0.15) is 13.2 Å². The lowest BCUT2D eigenvalue weighted by Gasteiger charge is -2.34. The largest absolute Gasteiger partial charge is 0.480 e. The minimum Gasteiger partial charge on any atom is -0.480 e. The summed E-state index contributed by atoms with van der Waals surface area (Å²) in [5.41, 5.74) is 4.59. The molecule has 0 radical (unpaired) electrons. The normalized spacial score (nSPS) is 15.4. The van der Waals surface area contributed by atoms with Gasteiger partial charge >= 0.3 is 12.1 Å². The molecule has 2 aromatic rings. The fraction of sp³-hybridized carbons (Fsp3) is 0.370. The van der Waals surface area contributed by atoms with Crippen molar-refractivity contribution in [1.29, 1.82) is 0 Å². The number of aliphatic carboxylic acids is 1. The van der Waals surface area contributed by atoms with Gasteiger partial charge in [-0.15, -0.1) is 6.58 Å². The maximum atomic E-state index is 12.8. The van der Waals surface area contributed by atoms with Crippen LogP contribution in [0.3, 0.4) is 0 Å². The van der Waals surface area contributed by atoms with E-state index >= 15 is 0 Å². The number of hydrogen-bond acceptors (Lipinski definition) is 4. The lowest BCUT2D eigenvalue weighted by molar-refractivity contribution is -0.144. The molecular formula is C27H30N2O5. The Morgan fingerprint density at radius 2 is 1.71 bits per heavy atom. The summed E-state index contributed by atoms with van der Waals surface area (Å²) in [4.78, 5) is 37.9. The van der Waals surface area contributed by atoms with Crippen molar-refractivity contribution in [2.24, 2.45) is 5.92 Å². The number of carbonyl (C=O) groups excluding carboxylic acids is 2. The Hall–Kier alpha value is -3.61. The second-order valence-electron chi connectivity index (χ2n) is 8.93. The Morgan fingerprint density at radius 1 is 1.09 bits per heavy atom. The molecule has 0 spiro atoms. The van der Waals surface area contributed by atoms with Crippen molar-refractivity contribution in [1.82, 2.24) is 10.2 Å². The van der Waals surface area contributed by atoms with Crippen LogP contribution in [0.25, 0.3) is 11.1 Å². The third-order valence-corrected chi connectivity index (χ3v) is 6.79. The standard InChI is InChI=1S/C27H30N2O5/c1-2-14-29(16-26(31)32)25(30)15-24(18-8-7-9-18)28-27(33)34-17-23-21-12-5-3-10-19(21)20-11-4-6-13-22(20)23/h2-6,10-13,18,23-24H,1,7-9,14-17H2,(H,28,33)(H,31,32). The van der Waals surface area contributed by atoms with E-state index in [1.165, 1.54) is 11.0 Å². The SMILES string of the molecule is C=CCN(CC(=O)O)C(=O)CC(NC(=O)OCC1c2ccccc2-c2ccccc21)C1CCC1. The van der Waals surface area contributed by atoms with Crippen LogP contribution in [0.2, 0.25) is 0 Å². The fourth-order valence-corrected chi connectivity index (χ4v) is 4.86. The summed E-state index contributed by atoms with van der Waals surface area (Å²) in [5, 5.41) is 12.0. The molecule has 0 saturated heterocycles. The Balaban J connectivity index is 1.40. The molecule has 2 amide bonds. The Kier molecular flexibility index (Phi) is 7.30. The molecular weight excluding hydrogens is 432 g/mol. The topological polar surface area (TPSA) is 95.9 Å². The summed E-state index contributed by atoms with van der Waals surface area (Å²) in [6, 6.07) is 15.9. The smallest absolute Gasteiger partial charge is 0.407 e. The third kappa shape index (κ3) is 5.14. The van der Waals surface area contributed by atoms with E-state index in [2.05, 4.69) is 36.2 Å². The van der Waals surface area contributed by atoms with Gasteiger partial charge in [0, 0.05) is 24.9 Å². The first-order chi connectivity index (χ1) is 16.5. The number of carbonyl (C=O) groups is 3. The van der Waals surface area contributed by atoms with Crippen molar-refractivity contribution in [2.45, 2.75) is 37.6 Å². The zero-order valence-electron chi connectivity index (χ0n) is 19.1. The van der Waals surface area contributed by atoms with E-state index in [0.717, 1.165) is 41.5 Å². The van der Waals surface area contributed by atoms with Crippen LogP contribution in [0.4, 0.5) is 4.79 Å². The van der Waals surface area contributed by atoms with Crippen LogP contribution in [0.15, 0.2) is 61.2 Å². The van der Waals surface area contributed by atoms with Gasteiger partial charge in [0.2, 0.25) is 5.91 Å². The van der Waals surface area contributed by atoms with Crippen molar-refractivity contribution < 1.29 is 24.2 Å². The van der Waals surface area contributed by atoms with Crippen molar-refractivity contribution in [3.63, 3.8) is 0 Å². The van der Waals surface area contributed by atoms with Crippen LogP contribution in [0.1, 0.15) is 42.7 Å². The first kappa shape index (κ1) is 23.5. The molecule has 0 aliphatic heterocycles. The summed E-state index contributed by atoms with van der Waals surface area (Å²) in [6.45, 7) is 3.55. The fourth-order valence-electron chi connectivity index (χ4n) is 4.86. The number of fused-ring (bicyclic) bond motifs is 3. The molecule has 2 aliphatic carbocycles. The molecule has 0 aromatic heterocycles. The maximum absolute atomic E-state index is 12.8. The zero-order chi connectivity index (χ0) is 24.1. The van der Waals surface area contributed by atoms with Crippen molar-refractivity contribution in [2.75, 3.05) is 19.7 Å². The molecule has 0 bridgehead atoms. The summed E-state index contributed by atoms with van der Waals surface area (Å²) < 4.78 is 5.66. The summed E-state index contributed by atoms with van der Waals surface area (Å²) in [7, 11) is 0. The van der Waals surface area contributed by atoms with Crippen LogP contribution < -0.4 is 5.32 Å². The summed E-state index contributed by atoms with van der Waals surface area (Å²) in [5.74, 6) is -1.27. The molecule has 0 heterocycles. The van der Waals surface area contributed by atoms with E-state index in [-0.39, 0.29) is 37.3 Å². The van der Waals surface area contributed by atoms with Crippen LogP contribution in [-0.2, 0) is 14.3 Å². The first-order valence-electron chi connectivity index (χ1n) is 11.7. The van der Waals surface area contributed by atoms with Gasteiger partial charge in [0.05, 0.1) is 0 Å². The number of alkyl carbamates (subject to hydrolysis) is 1. The molecule has 2 aromatic carbocycles. The van der Waals surface area contributed by atoms with Gasteiger partial charge in [-0.2, -0.15) is 0 Å². The molecule has 1 atom stereocenters. The van der Waals surface area contributed by atoms with Gasteiger partial charge in [-0.1, -0.05) is 61.0 Å². The minimum absolute atomic E-state index is 0.0377. The van der Waals surface area contributed by atoms with Crippen LogP contribution in [0, 0.1) is 5.92 Å². The highest BCUT2D eigenvalue weighted by atomic mass is 16.5. The molecule has 178 valence electrons. The Morgan fingerprint density at radius 3 is 2.24 bits per heavy atom. The van der Waals surface area contributed by atoms with Gasteiger partial charge in [-0.3, -0.25) is 9.59 Å². The van der Waals surface area contributed by atoms with Crippen molar-refractivity contribution in [3.8, 4) is 11.1 Å². The lowest BCUT2D eigenvalue weighted by Crippen LogP contribution is -2.47. The monoisotopic (exact) mass is 462 g/mol. The first-order valence-corrected chi connectivity index (χ1v) is 11.7. The van der Waals surface area contributed by atoms with Crippen molar-refractivity contribution in [3.05, 3.63) is 72.3 Å². The maximum Gasteiger partial charge on any atom is 0.407 e. The minimum atomic E-state index is -1.08. The highest BCUT2D eigenvalue weighted by Crippen LogP contribution is 2.44. The zero-order valence-corrected chi connectivity index (χ0v) is 19.1. The quantitative estimate of drug-likeness (QED) is 0.517. The number of carboxylic acid groups (broad SMARTS) is 1. The number of amides is 2. The van der Waals surface area contributed by atoms with E-state index in [1.807, 2.05) is 24.3 Å². The van der Waals surface area contributed by atoms with Crippen LogP contribution in [0.5, 0.6) is 0 Å². The second kappa shape index (κ2) is 10.5. The second-order valence-corrected chi connectivity index (χ2v) is 8.93. The van der Waals surface area contributed by atoms with Gasteiger partial charge in [0.25, 0.3) is 0 Å². The summed E-state index contributed by atoms with van der Waals surface area (Å²) in [6.07, 6.45) is 3.87. The Bertz CT molecular complexity index is 1030. The molecule has 1 saturated carbocycles. The number of rotatable bonds is 10. The molecule has 1 fully saturated rings. The molecule has 2 aliphatic rings. The average Bonchev–Trinajstić information content (AvgIpc) is 3.09. The van der Waals surface area contributed by atoms with Crippen molar-refractivity contribution >= 4 is 18.0 Å². The molecule has 7 nitrogen and oxygen atoms in total. The number of hydrogen-bond donors (Lipinski definition) is 2. The van der Waals surface area contributed by atoms with Gasteiger partial charge in [-0.05, 0) is 41.0 Å². The number of nitrogens with one attached hydrogen (secondary N) is 1. The van der Waals surface area contributed by atoms with Gasteiger partial charge in [-0.25, -0.2) is 4.79 Å². The third-order valence-electron chi connectivity index (χ3n) is 6.79. The molecule has 4 rings (SSSR count). The summed E-state index contributed by atoms with van der Waals surface area (Å²) >= 11 is 0. The van der Waals surface area contributed by atoms with E-state index in [9.17, 15) is 14.4 Å².